The van der Waals surface area contributed by atoms with Crippen LogP contribution in [0.3, 0.4) is 0 Å². The Morgan fingerprint density at radius 1 is 1.26 bits per heavy atom. The molecule has 1 fully saturated rings. The quantitative estimate of drug-likeness (QED) is 0.780. The zero-order valence-electron chi connectivity index (χ0n) is 17.2. The Morgan fingerprint density at radius 3 is 2.48 bits per heavy atom. The minimum atomic E-state index is -3.25. The van der Waals surface area contributed by atoms with Gasteiger partial charge in [0, 0.05) is 31.6 Å². The van der Waals surface area contributed by atoms with Crippen LogP contribution in [-0.2, 0) is 14.6 Å². The number of anilines is 1. The number of benzene rings is 1. The second kappa shape index (κ2) is 8.09. The summed E-state index contributed by atoms with van der Waals surface area (Å²) in [6.07, 6.45) is 0.944. The highest BCUT2D eigenvalue weighted by molar-refractivity contribution is 7.90. The zero-order valence-corrected chi connectivity index (χ0v) is 18.0. The molecule has 0 aliphatic carbocycles. The van der Waals surface area contributed by atoms with E-state index in [1.165, 1.54) is 6.26 Å². The number of ether oxygens (including phenoxy) is 1. The van der Waals surface area contributed by atoms with Gasteiger partial charge in [0.1, 0.15) is 0 Å². The molecule has 6 nitrogen and oxygen atoms in total. The average molecular weight is 397 g/mol. The lowest BCUT2D eigenvalue weighted by Gasteiger charge is -2.43. The molecule has 1 aromatic carbocycles. The van der Waals surface area contributed by atoms with Crippen LogP contribution in [-0.4, -0.2) is 57.9 Å². The van der Waals surface area contributed by atoms with Crippen LogP contribution >= 0.6 is 0 Å². The van der Waals surface area contributed by atoms with Gasteiger partial charge in [-0.2, -0.15) is 0 Å². The molecule has 1 amide bonds. The lowest BCUT2D eigenvalue weighted by Crippen LogP contribution is -2.57. The van der Waals surface area contributed by atoms with Crippen molar-refractivity contribution in [3.05, 3.63) is 24.3 Å². The van der Waals surface area contributed by atoms with E-state index in [-0.39, 0.29) is 23.5 Å². The Kier molecular flexibility index (Phi) is 6.45. The molecule has 1 aliphatic heterocycles. The van der Waals surface area contributed by atoms with Gasteiger partial charge in [0.15, 0.2) is 9.84 Å². The second-order valence-electron chi connectivity index (χ2n) is 8.84. The van der Waals surface area contributed by atoms with Crippen molar-refractivity contribution in [2.75, 3.05) is 37.4 Å². The van der Waals surface area contributed by atoms with Gasteiger partial charge in [-0.1, -0.05) is 40.7 Å². The molecule has 1 aromatic rings. The van der Waals surface area contributed by atoms with Crippen LogP contribution in [0.5, 0.6) is 0 Å². The van der Waals surface area contributed by atoms with Crippen molar-refractivity contribution in [2.24, 2.45) is 11.3 Å². The fourth-order valence-corrected chi connectivity index (χ4v) is 3.77. The molecule has 1 heterocycles. The maximum Gasteiger partial charge on any atom is 0.410 e. The zero-order chi connectivity index (χ0) is 20.4. The summed E-state index contributed by atoms with van der Waals surface area (Å²) >= 11 is 0. The van der Waals surface area contributed by atoms with E-state index in [2.05, 4.69) is 18.7 Å². The number of carbonyl (C=O) groups excluding carboxylic acids is 1. The molecular formula is C20H32N2O4S. The average Bonchev–Trinajstić information content (AvgIpc) is 2.58. The third-order valence-electron chi connectivity index (χ3n) is 4.66. The van der Waals surface area contributed by atoms with Crippen LogP contribution in [0.1, 0.15) is 34.6 Å². The number of hydrogen-bond acceptors (Lipinski definition) is 5. The molecule has 0 spiro atoms. The van der Waals surface area contributed by atoms with E-state index in [1.807, 2.05) is 31.7 Å². The SMILES string of the molecule is CC(C)[C@@H]1CN(c2cccc(S(C)(=O)=O)c2)CCN1C(=O)OCC(C)(C)C. The topological polar surface area (TPSA) is 66.9 Å². The van der Waals surface area contributed by atoms with Crippen LogP contribution in [0, 0.1) is 11.3 Å². The summed E-state index contributed by atoms with van der Waals surface area (Å²) in [6, 6.07) is 7.01. The fraction of sp³-hybridized carbons (Fsp3) is 0.650. The van der Waals surface area contributed by atoms with Crippen molar-refractivity contribution in [1.82, 2.24) is 4.90 Å². The summed E-state index contributed by atoms with van der Waals surface area (Å²) in [4.78, 5) is 16.9. The molecule has 0 aromatic heterocycles. The third kappa shape index (κ3) is 5.86. The largest absolute Gasteiger partial charge is 0.449 e. The highest BCUT2D eigenvalue weighted by Gasteiger charge is 2.34. The van der Waals surface area contributed by atoms with E-state index in [1.54, 1.807) is 18.2 Å². The number of carbonyl (C=O) groups is 1. The number of rotatable bonds is 4. The van der Waals surface area contributed by atoms with Crippen molar-refractivity contribution < 1.29 is 17.9 Å². The first kappa shape index (κ1) is 21.5. The highest BCUT2D eigenvalue weighted by atomic mass is 32.2. The fourth-order valence-electron chi connectivity index (χ4n) is 3.11. The van der Waals surface area contributed by atoms with Gasteiger partial charge in [-0.05, 0) is 29.5 Å². The third-order valence-corrected chi connectivity index (χ3v) is 5.77. The summed E-state index contributed by atoms with van der Waals surface area (Å²) in [5.74, 6) is 0.257. The van der Waals surface area contributed by atoms with Crippen LogP contribution in [0.25, 0.3) is 0 Å². The molecule has 0 N–H and O–H groups in total. The molecule has 2 rings (SSSR count). The number of sulfone groups is 1. The maximum absolute atomic E-state index is 12.6. The summed E-state index contributed by atoms with van der Waals surface area (Å²) < 4.78 is 29.2. The summed E-state index contributed by atoms with van der Waals surface area (Å²) in [5.41, 5.74) is 0.794. The van der Waals surface area contributed by atoms with Gasteiger partial charge >= 0.3 is 6.09 Å². The van der Waals surface area contributed by atoms with E-state index in [0.29, 0.717) is 31.1 Å². The van der Waals surface area contributed by atoms with E-state index in [0.717, 1.165) is 5.69 Å². The predicted molar refractivity (Wildman–Crippen MR) is 108 cm³/mol. The lowest BCUT2D eigenvalue weighted by molar-refractivity contribution is 0.0488. The molecule has 7 heteroatoms. The van der Waals surface area contributed by atoms with Gasteiger partial charge in [0.25, 0.3) is 0 Å². The number of piperazine rings is 1. The Bertz CT molecular complexity index is 768. The van der Waals surface area contributed by atoms with Gasteiger partial charge in [0.05, 0.1) is 17.5 Å². The molecule has 0 radical (unpaired) electrons. The van der Waals surface area contributed by atoms with E-state index < -0.39 is 9.84 Å². The Labute approximate surface area is 163 Å². The van der Waals surface area contributed by atoms with Crippen LogP contribution in [0.15, 0.2) is 29.2 Å². The van der Waals surface area contributed by atoms with E-state index in [9.17, 15) is 13.2 Å². The van der Waals surface area contributed by atoms with E-state index in [4.69, 9.17) is 4.74 Å². The summed E-state index contributed by atoms with van der Waals surface area (Å²) in [7, 11) is -3.25. The van der Waals surface area contributed by atoms with Crippen molar-refractivity contribution in [2.45, 2.75) is 45.6 Å². The van der Waals surface area contributed by atoms with Crippen molar-refractivity contribution in [1.29, 1.82) is 0 Å². The van der Waals surface area contributed by atoms with Crippen molar-refractivity contribution in [3.8, 4) is 0 Å². The number of nitrogens with zero attached hydrogens (tertiary/aromatic N) is 2. The summed E-state index contributed by atoms with van der Waals surface area (Å²) in [5, 5.41) is 0. The van der Waals surface area contributed by atoms with Crippen molar-refractivity contribution in [3.63, 3.8) is 0 Å². The molecule has 0 bridgehead atoms. The lowest BCUT2D eigenvalue weighted by atomic mass is 9.98. The first-order valence-corrected chi connectivity index (χ1v) is 11.3. The molecule has 27 heavy (non-hydrogen) atoms. The number of hydrogen-bond donors (Lipinski definition) is 0. The van der Waals surface area contributed by atoms with Crippen LogP contribution in [0.4, 0.5) is 10.5 Å². The maximum atomic E-state index is 12.6. The normalized spacial score (nSPS) is 18.7. The molecule has 1 saturated heterocycles. The van der Waals surface area contributed by atoms with Gasteiger partial charge in [0.2, 0.25) is 0 Å². The van der Waals surface area contributed by atoms with E-state index >= 15 is 0 Å². The molecule has 0 unspecified atom stereocenters. The standard InChI is InChI=1S/C20H32N2O4S/c1-15(2)18-13-21(16-8-7-9-17(12-16)27(6,24)25)10-11-22(18)19(23)26-14-20(3,4)5/h7-9,12,15,18H,10-11,13-14H2,1-6H3/t18-/m0/s1. The minimum Gasteiger partial charge on any atom is -0.449 e. The second-order valence-corrected chi connectivity index (χ2v) is 10.9. The first-order valence-electron chi connectivity index (χ1n) is 9.37. The predicted octanol–water partition coefficient (Wildman–Crippen LogP) is 3.42. The summed E-state index contributed by atoms with van der Waals surface area (Å²) in [6.45, 7) is 12.5. The van der Waals surface area contributed by atoms with Crippen molar-refractivity contribution >= 4 is 21.6 Å². The Balaban J connectivity index is 2.15. The molecule has 1 atom stereocenters. The van der Waals surface area contributed by atoms with Gasteiger partial charge in [-0.15, -0.1) is 0 Å². The Morgan fingerprint density at radius 2 is 1.93 bits per heavy atom. The minimum absolute atomic E-state index is 0.00751. The molecule has 152 valence electrons. The molecule has 1 aliphatic rings. The highest BCUT2D eigenvalue weighted by Crippen LogP contribution is 2.26. The van der Waals surface area contributed by atoms with Gasteiger partial charge in [-0.25, -0.2) is 13.2 Å². The van der Waals surface area contributed by atoms with Gasteiger partial charge in [-0.3, -0.25) is 0 Å². The molecule has 0 saturated carbocycles. The number of amides is 1. The van der Waals surface area contributed by atoms with Crippen LogP contribution in [0.2, 0.25) is 0 Å². The smallest absolute Gasteiger partial charge is 0.410 e. The first-order chi connectivity index (χ1) is 12.4. The Hall–Kier alpha value is -1.76. The molecular weight excluding hydrogens is 364 g/mol. The van der Waals surface area contributed by atoms with Crippen LogP contribution < -0.4 is 4.90 Å². The van der Waals surface area contributed by atoms with Gasteiger partial charge < -0.3 is 14.5 Å². The monoisotopic (exact) mass is 396 g/mol.